The van der Waals surface area contributed by atoms with E-state index in [1.165, 1.54) is 17.1 Å². The van der Waals surface area contributed by atoms with Gasteiger partial charge < -0.3 is 5.32 Å². The first-order valence-corrected chi connectivity index (χ1v) is 12.3. The summed E-state index contributed by atoms with van der Waals surface area (Å²) in [5, 5.41) is 3.20. The number of nitrogens with one attached hydrogen (secondary N) is 1. The van der Waals surface area contributed by atoms with Gasteiger partial charge in [0.2, 0.25) is 15.9 Å². The summed E-state index contributed by atoms with van der Waals surface area (Å²) in [6.07, 6.45) is 3.46. The fourth-order valence-electron chi connectivity index (χ4n) is 4.15. The van der Waals surface area contributed by atoms with Crippen LogP contribution in [0.2, 0.25) is 0 Å². The standard InChI is InChI=1S/C20H30BrN3O3S/c1-15-5-3-8-19(16(15)2)22-20(25)14-23-9-11-24(12-10-23)28(26,27)18-7-4-6-17(21)13-18/h4,6-7,13,15-16,19H,3,5,8-12,14H2,1-2H3,(H,22,25)/t15-,16-,19+/m1/s1. The van der Waals surface area contributed by atoms with Crippen LogP contribution in [0.25, 0.3) is 0 Å². The number of sulfonamides is 1. The molecule has 156 valence electrons. The summed E-state index contributed by atoms with van der Waals surface area (Å²) < 4.78 is 27.9. The molecule has 0 radical (unpaired) electrons. The number of hydrogen-bond donors (Lipinski definition) is 1. The first kappa shape index (κ1) is 21.7. The Labute approximate surface area is 176 Å². The van der Waals surface area contributed by atoms with Crippen LogP contribution in [0.15, 0.2) is 33.6 Å². The molecule has 0 spiro atoms. The third kappa shape index (κ3) is 5.14. The van der Waals surface area contributed by atoms with Crippen LogP contribution in [0, 0.1) is 11.8 Å². The Morgan fingerprint density at radius 1 is 1.18 bits per heavy atom. The summed E-state index contributed by atoms with van der Waals surface area (Å²) in [4.78, 5) is 14.8. The molecule has 2 fully saturated rings. The maximum atomic E-state index is 12.8. The molecular weight excluding hydrogens is 442 g/mol. The van der Waals surface area contributed by atoms with Crippen molar-refractivity contribution in [1.82, 2.24) is 14.5 Å². The molecule has 3 atom stereocenters. The molecule has 1 amide bonds. The number of carbonyl (C=O) groups is 1. The second-order valence-electron chi connectivity index (χ2n) is 8.08. The zero-order chi connectivity index (χ0) is 20.3. The quantitative estimate of drug-likeness (QED) is 0.716. The minimum absolute atomic E-state index is 0.0502. The van der Waals surface area contributed by atoms with Crippen molar-refractivity contribution < 1.29 is 13.2 Å². The lowest BCUT2D eigenvalue weighted by Crippen LogP contribution is -2.52. The van der Waals surface area contributed by atoms with Crippen molar-refractivity contribution in [3.05, 3.63) is 28.7 Å². The Kier molecular flexibility index (Phi) is 7.17. The molecule has 3 rings (SSSR count). The summed E-state index contributed by atoms with van der Waals surface area (Å²) in [5.41, 5.74) is 0. The highest BCUT2D eigenvalue weighted by atomic mass is 79.9. The molecule has 6 nitrogen and oxygen atoms in total. The first-order valence-electron chi connectivity index (χ1n) is 10.0. The van der Waals surface area contributed by atoms with Crippen LogP contribution in [-0.4, -0.2) is 62.3 Å². The molecule has 1 aromatic rings. The van der Waals surface area contributed by atoms with E-state index in [0.29, 0.717) is 49.5 Å². The van der Waals surface area contributed by atoms with Gasteiger partial charge in [0.1, 0.15) is 0 Å². The Morgan fingerprint density at radius 2 is 1.89 bits per heavy atom. The molecule has 28 heavy (non-hydrogen) atoms. The second kappa shape index (κ2) is 9.24. The van der Waals surface area contributed by atoms with E-state index in [9.17, 15) is 13.2 Å². The van der Waals surface area contributed by atoms with Crippen molar-refractivity contribution in [2.75, 3.05) is 32.7 Å². The normalized spacial score (nSPS) is 27.5. The van der Waals surface area contributed by atoms with Crippen molar-refractivity contribution >= 4 is 31.9 Å². The minimum Gasteiger partial charge on any atom is -0.352 e. The lowest BCUT2D eigenvalue weighted by molar-refractivity contribution is -0.124. The van der Waals surface area contributed by atoms with Gasteiger partial charge in [0.25, 0.3) is 0 Å². The molecule has 8 heteroatoms. The van der Waals surface area contributed by atoms with Crippen molar-refractivity contribution in [2.24, 2.45) is 11.8 Å². The van der Waals surface area contributed by atoms with Gasteiger partial charge in [0, 0.05) is 36.7 Å². The predicted octanol–water partition coefficient (Wildman–Crippen LogP) is 2.70. The number of carbonyl (C=O) groups excluding carboxylic acids is 1. The largest absolute Gasteiger partial charge is 0.352 e. The van der Waals surface area contributed by atoms with E-state index < -0.39 is 10.0 Å². The molecule has 1 aliphatic heterocycles. The van der Waals surface area contributed by atoms with Gasteiger partial charge in [-0.15, -0.1) is 0 Å². The van der Waals surface area contributed by atoms with Gasteiger partial charge in [-0.2, -0.15) is 4.31 Å². The lowest BCUT2D eigenvalue weighted by atomic mass is 9.78. The van der Waals surface area contributed by atoms with Crippen molar-refractivity contribution in [3.63, 3.8) is 0 Å². The highest BCUT2D eigenvalue weighted by Crippen LogP contribution is 2.29. The van der Waals surface area contributed by atoms with Crippen molar-refractivity contribution in [2.45, 2.75) is 44.0 Å². The van der Waals surface area contributed by atoms with E-state index in [0.717, 1.165) is 10.9 Å². The molecule has 1 aliphatic carbocycles. The van der Waals surface area contributed by atoms with E-state index in [1.54, 1.807) is 18.2 Å². The third-order valence-electron chi connectivity index (χ3n) is 6.19. The molecule has 2 aliphatic rings. The van der Waals surface area contributed by atoms with Crippen LogP contribution in [-0.2, 0) is 14.8 Å². The average Bonchev–Trinajstić information content (AvgIpc) is 2.66. The van der Waals surface area contributed by atoms with Crippen LogP contribution in [0.3, 0.4) is 0 Å². The zero-order valence-electron chi connectivity index (χ0n) is 16.6. The van der Waals surface area contributed by atoms with Crippen LogP contribution < -0.4 is 5.32 Å². The molecule has 0 aromatic heterocycles. The molecular formula is C20H30BrN3O3S. The van der Waals surface area contributed by atoms with Crippen LogP contribution in [0.1, 0.15) is 33.1 Å². The van der Waals surface area contributed by atoms with E-state index in [4.69, 9.17) is 0 Å². The van der Waals surface area contributed by atoms with E-state index in [1.807, 2.05) is 11.0 Å². The average molecular weight is 472 g/mol. The summed E-state index contributed by atoms with van der Waals surface area (Å²) in [6, 6.07) is 7.04. The van der Waals surface area contributed by atoms with Gasteiger partial charge >= 0.3 is 0 Å². The van der Waals surface area contributed by atoms with Gasteiger partial charge in [-0.3, -0.25) is 9.69 Å². The predicted molar refractivity (Wildman–Crippen MR) is 113 cm³/mol. The number of rotatable bonds is 5. The maximum absolute atomic E-state index is 12.8. The SMILES string of the molecule is C[C@@H]1[C@H](C)CCC[C@@H]1NC(=O)CN1CCN(S(=O)(=O)c2cccc(Br)c2)CC1. The minimum atomic E-state index is -3.50. The number of benzene rings is 1. The molecule has 0 bridgehead atoms. The van der Waals surface area contributed by atoms with E-state index >= 15 is 0 Å². The Hall–Kier alpha value is -0.960. The summed E-state index contributed by atoms with van der Waals surface area (Å²) in [6.45, 7) is 6.75. The van der Waals surface area contributed by atoms with Gasteiger partial charge in [-0.1, -0.05) is 48.7 Å². The number of hydrogen-bond acceptors (Lipinski definition) is 4. The van der Waals surface area contributed by atoms with Crippen LogP contribution >= 0.6 is 15.9 Å². The topological polar surface area (TPSA) is 69.7 Å². The summed E-state index contributed by atoms with van der Waals surface area (Å²) in [7, 11) is -3.50. The Balaban J connectivity index is 1.50. The molecule has 1 N–H and O–H groups in total. The van der Waals surface area contributed by atoms with E-state index in [-0.39, 0.29) is 11.9 Å². The Morgan fingerprint density at radius 3 is 2.57 bits per heavy atom. The highest BCUT2D eigenvalue weighted by Gasteiger charge is 2.31. The van der Waals surface area contributed by atoms with Crippen molar-refractivity contribution in [1.29, 1.82) is 0 Å². The fraction of sp³-hybridized carbons (Fsp3) is 0.650. The highest BCUT2D eigenvalue weighted by molar-refractivity contribution is 9.10. The number of amides is 1. The van der Waals surface area contributed by atoms with Gasteiger partial charge in [-0.05, 0) is 36.5 Å². The molecule has 1 aromatic carbocycles. The fourth-order valence-corrected chi connectivity index (χ4v) is 6.17. The first-order chi connectivity index (χ1) is 13.3. The number of piperazine rings is 1. The number of halogens is 1. The molecule has 0 unspecified atom stereocenters. The maximum Gasteiger partial charge on any atom is 0.243 e. The zero-order valence-corrected chi connectivity index (χ0v) is 19.0. The lowest BCUT2D eigenvalue weighted by Gasteiger charge is -2.36. The smallest absolute Gasteiger partial charge is 0.243 e. The molecule has 1 saturated carbocycles. The number of nitrogens with zero attached hydrogens (tertiary/aromatic N) is 2. The summed E-state index contributed by atoms with van der Waals surface area (Å²) >= 11 is 3.33. The summed E-state index contributed by atoms with van der Waals surface area (Å²) in [5.74, 6) is 1.20. The van der Waals surface area contributed by atoms with Crippen molar-refractivity contribution in [3.8, 4) is 0 Å². The Bertz CT molecular complexity index is 794. The third-order valence-corrected chi connectivity index (χ3v) is 8.57. The van der Waals surface area contributed by atoms with Gasteiger partial charge in [0.05, 0.1) is 11.4 Å². The monoisotopic (exact) mass is 471 g/mol. The van der Waals surface area contributed by atoms with Crippen LogP contribution in [0.4, 0.5) is 0 Å². The van der Waals surface area contributed by atoms with Gasteiger partial charge in [0.15, 0.2) is 0 Å². The molecule has 1 heterocycles. The molecule has 1 saturated heterocycles. The van der Waals surface area contributed by atoms with E-state index in [2.05, 4.69) is 35.1 Å². The van der Waals surface area contributed by atoms with Gasteiger partial charge in [-0.25, -0.2) is 8.42 Å². The van der Waals surface area contributed by atoms with Crippen LogP contribution in [0.5, 0.6) is 0 Å². The second-order valence-corrected chi connectivity index (χ2v) is 10.9.